The number of carbonyl (C=O) groups is 2. The van der Waals surface area contributed by atoms with E-state index >= 15 is 9.59 Å². The highest BCUT2D eigenvalue weighted by Gasteiger charge is 2.57. The second-order valence-electron chi connectivity index (χ2n) is 28.2. The number of hydrogen-bond acceptors (Lipinski definition) is 16. The van der Waals surface area contributed by atoms with Crippen molar-refractivity contribution in [3.63, 3.8) is 0 Å². The summed E-state index contributed by atoms with van der Waals surface area (Å²) in [7, 11) is 1.68. The van der Waals surface area contributed by atoms with Crippen LogP contribution in [0.3, 0.4) is 0 Å². The van der Waals surface area contributed by atoms with Crippen LogP contribution in [0.15, 0.2) is 231 Å². The summed E-state index contributed by atoms with van der Waals surface area (Å²) in [4.78, 5) is 32.0. The molecule has 14 atom stereocenters. The van der Waals surface area contributed by atoms with Crippen molar-refractivity contribution in [1.82, 2.24) is 4.90 Å². The number of imide groups is 1. The first-order chi connectivity index (χ1) is 52.2. The van der Waals surface area contributed by atoms with Gasteiger partial charge in [-0.15, -0.1) is 0 Å². The number of benzene rings is 8. The molecular weight excluding hydrogens is 1370 g/mol. The molecule has 106 heavy (non-hydrogen) atoms. The summed E-state index contributed by atoms with van der Waals surface area (Å²) < 4.78 is 84.6. The molecule has 0 N–H and O–H groups in total. The molecule has 0 aromatic heterocycles. The Morgan fingerprint density at radius 2 is 0.858 bits per heavy atom. The van der Waals surface area contributed by atoms with Gasteiger partial charge in [-0.1, -0.05) is 263 Å². The van der Waals surface area contributed by atoms with Gasteiger partial charge < -0.3 is 56.8 Å². The van der Waals surface area contributed by atoms with Crippen LogP contribution >= 0.6 is 24.0 Å². The number of amides is 2. The third kappa shape index (κ3) is 21.9. The summed E-state index contributed by atoms with van der Waals surface area (Å²) >= 11 is 7.54. The van der Waals surface area contributed by atoms with E-state index in [0.29, 0.717) is 54.6 Å². The molecule has 4 aliphatic heterocycles. The number of thiocarbonyl (C=S) groups is 1. The Labute approximate surface area is 636 Å². The van der Waals surface area contributed by atoms with Crippen LogP contribution in [-0.4, -0.2) is 127 Å². The van der Waals surface area contributed by atoms with Crippen molar-refractivity contribution in [2.24, 2.45) is 11.8 Å². The second kappa shape index (κ2) is 41.2. The van der Waals surface area contributed by atoms with E-state index in [1.54, 1.807) is 19.2 Å². The SMILES string of the molecule is COc1ccc(COCCCCCCCCCC[C@@H]2OC[C@@H](C[C@@H]3O[C@H](COCc4ccccc4)[C@H](OCc4ccccc4)[C@H](OC(=S)SC)[C@H]3C[C@@H]3O[C@@H](C)[C@@H](OCc4ccccc4)[C@@H](OCc4ccccc4)[C@@H]3OCc3ccccc3)[C@H](OCc3ccccc3)[C@H]2N2C(=O)c3ccccc3C2=O)cc1. The van der Waals surface area contributed by atoms with Gasteiger partial charge in [0.1, 0.15) is 42.4 Å². The van der Waals surface area contributed by atoms with Crippen LogP contribution in [-0.2, 0) is 98.4 Å². The van der Waals surface area contributed by atoms with Gasteiger partial charge in [0.15, 0.2) is 0 Å². The number of ether oxygens (including phenoxy) is 12. The van der Waals surface area contributed by atoms with Crippen LogP contribution in [0.4, 0.5) is 0 Å². The minimum absolute atomic E-state index is 0.134. The molecule has 0 radical (unpaired) electrons. The van der Waals surface area contributed by atoms with Crippen LogP contribution in [0.25, 0.3) is 0 Å². The highest BCUT2D eigenvalue weighted by molar-refractivity contribution is 8.22. The van der Waals surface area contributed by atoms with Crippen molar-refractivity contribution in [2.75, 3.05) is 33.2 Å². The second-order valence-corrected chi connectivity index (χ2v) is 29.6. The molecular formula is C89H103NO14S2. The molecule has 0 spiro atoms. The Bertz CT molecular complexity index is 3850. The minimum atomic E-state index is -0.819. The Morgan fingerprint density at radius 3 is 1.36 bits per heavy atom. The fourth-order valence-electron chi connectivity index (χ4n) is 15.3. The van der Waals surface area contributed by atoms with Gasteiger partial charge in [0, 0.05) is 18.4 Å². The highest BCUT2D eigenvalue weighted by Crippen LogP contribution is 2.45. The lowest BCUT2D eigenvalue weighted by atomic mass is 9.75. The fraction of sp³-hybridized carbons (Fsp3) is 0.427. The van der Waals surface area contributed by atoms with Crippen LogP contribution in [0, 0.1) is 11.8 Å². The van der Waals surface area contributed by atoms with Crippen LogP contribution in [0.2, 0.25) is 0 Å². The summed E-state index contributed by atoms with van der Waals surface area (Å²) in [6.07, 6.45) is 4.21. The molecule has 0 bridgehead atoms. The maximum atomic E-state index is 15.3. The molecule has 15 nitrogen and oxygen atoms in total. The number of methoxy groups -OCH3 is 1. The molecule has 2 amide bonds. The summed E-state index contributed by atoms with van der Waals surface area (Å²) in [6.45, 7) is 5.38. The number of unbranched alkanes of at least 4 members (excludes halogenated alkanes) is 7. The molecule has 4 aliphatic rings. The lowest BCUT2D eigenvalue weighted by Crippen LogP contribution is -2.64. The minimum Gasteiger partial charge on any atom is -0.497 e. The number of rotatable bonds is 39. The number of carbonyl (C=O) groups excluding carboxylic acids is 2. The largest absolute Gasteiger partial charge is 0.497 e. The van der Waals surface area contributed by atoms with Crippen molar-refractivity contribution in [1.29, 1.82) is 0 Å². The predicted molar refractivity (Wildman–Crippen MR) is 416 cm³/mol. The van der Waals surface area contributed by atoms with E-state index < -0.39 is 85.0 Å². The van der Waals surface area contributed by atoms with Crippen LogP contribution < -0.4 is 4.74 Å². The molecule has 0 saturated carbocycles. The van der Waals surface area contributed by atoms with Crippen molar-refractivity contribution in [2.45, 2.75) is 197 Å². The predicted octanol–water partition coefficient (Wildman–Crippen LogP) is 17.5. The van der Waals surface area contributed by atoms with E-state index in [1.165, 1.54) is 16.7 Å². The molecule has 12 rings (SSSR count). The first-order valence-electron chi connectivity index (χ1n) is 37.9. The summed E-state index contributed by atoms with van der Waals surface area (Å²) in [5.74, 6) is -0.911. The van der Waals surface area contributed by atoms with Gasteiger partial charge in [-0.25, -0.2) is 0 Å². The lowest BCUT2D eigenvalue weighted by molar-refractivity contribution is -0.277. The monoisotopic (exact) mass is 1470 g/mol. The van der Waals surface area contributed by atoms with Gasteiger partial charge in [0.2, 0.25) is 4.38 Å². The molecule has 8 aromatic rings. The zero-order valence-electron chi connectivity index (χ0n) is 61.4. The van der Waals surface area contributed by atoms with E-state index in [0.717, 1.165) is 103 Å². The van der Waals surface area contributed by atoms with Crippen molar-refractivity contribution >= 4 is 40.2 Å². The van der Waals surface area contributed by atoms with Gasteiger partial charge >= 0.3 is 0 Å². The Kier molecular flexibility index (Phi) is 30.4. The quantitative estimate of drug-likeness (QED) is 0.0204. The van der Waals surface area contributed by atoms with Gasteiger partial charge in [-0.3, -0.25) is 14.5 Å². The lowest BCUT2D eigenvalue weighted by Gasteiger charge is -2.52. The van der Waals surface area contributed by atoms with Crippen molar-refractivity contribution < 1.29 is 66.4 Å². The molecule has 3 saturated heterocycles. The maximum absolute atomic E-state index is 15.3. The van der Waals surface area contributed by atoms with Crippen LogP contribution in [0.1, 0.15) is 137 Å². The van der Waals surface area contributed by atoms with E-state index in [1.807, 2.05) is 176 Å². The third-order valence-corrected chi connectivity index (χ3v) is 21.9. The Hall–Kier alpha value is -7.46. The van der Waals surface area contributed by atoms with E-state index in [4.69, 9.17) is 69.1 Å². The van der Waals surface area contributed by atoms with Gasteiger partial charge in [-0.05, 0) is 114 Å². The smallest absolute Gasteiger partial charge is 0.261 e. The van der Waals surface area contributed by atoms with Crippen molar-refractivity contribution in [3.05, 3.63) is 281 Å². The molecule has 4 heterocycles. The van der Waals surface area contributed by atoms with Gasteiger partial charge in [0.05, 0.1) is 114 Å². The molecule has 8 aromatic carbocycles. The molecule has 560 valence electrons. The summed E-state index contributed by atoms with van der Waals surface area (Å²) in [5, 5.41) is 0. The first-order valence-corrected chi connectivity index (χ1v) is 39.5. The van der Waals surface area contributed by atoms with E-state index in [2.05, 4.69) is 55.5 Å². The number of hydrogen-bond donors (Lipinski definition) is 0. The third-order valence-electron chi connectivity index (χ3n) is 20.8. The van der Waals surface area contributed by atoms with Gasteiger partial charge in [0.25, 0.3) is 11.8 Å². The summed E-state index contributed by atoms with van der Waals surface area (Å²) in [5.41, 5.74) is 7.79. The average molecular weight is 1470 g/mol. The number of fused-ring (bicyclic) bond motifs is 1. The first kappa shape index (κ1) is 78.1. The van der Waals surface area contributed by atoms with Crippen LogP contribution in [0.5, 0.6) is 5.75 Å². The topological polar surface area (TPSA) is 148 Å². The molecule has 3 fully saturated rings. The Balaban J connectivity index is 0.880. The fourth-order valence-corrected chi connectivity index (χ4v) is 15.7. The maximum Gasteiger partial charge on any atom is 0.261 e. The van der Waals surface area contributed by atoms with E-state index in [-0.39, 0.29) is 51.5 Å². The summed E-state index contributed by atoms with van der Waals surface area (Å²) in [6, 6.07) is 75.1. The number of thioether (sulfide) groups is 1. The van der Waals surface area contributed by atoms with E-state index in [9.17, 15) is 0 Å². The standard InChI is InChI=1S/C89H103NO14S2/c1-63-81(97-56-65-34-18-11-19-35-65)86(101-60-69-42-26-15-27-43-69)84(99-58-67-38-22-13-23-39-67)78(102-63)53-75-77(103-79(62-95-55-64-32-16-10-17-33-64)85(83(75)104-89(105)106-3)100-59-68-40-24-14-25-41-68)52-71-61-96-76(46-28-8-6-4-5-7-9-31-51-94-54-70-47-49-72(93-2)50-48-70)80(82(71)98-57-66-36-20-12-21-37-66)90-87(91)73-44-29-30-45-74(73)88(90)92/h10-27,29-30,32-45,47-50,63,71,75-86H,4-9,28,31,46,51-62H2,1-3H3/t63-,71+,75-,76-,77-,78-,79+,80-,81+,82-,83+,84+,85-,86+/m0/s1. The average Bonchev–Trinajstić information content (AvgIpc) is 1.55. The van der Waals surface area contributed by atoms with Gasteiger partial charge in [-0.2, -0.15) is 0 Å². The Morgan fingerprint density at radius 1 is 0.434 bits per heavy atom. The highest BCUT2D eigenvalue weighted by atomic mass is 32.2. The van der Waals surface area contributed by atoms with Crippen molar-refractivity contribution in [3.8, 4) is 5.75 Å². The molecule has 17 heteroatoms. The zero-order valence-corrected chi connectivity index (χ0v) is 63.0. The zero-order chi connectivity index (χ0) is 73.1. The number of nitrogens with zero attached hydrogens (tertiary/aromatic N) is 1. The molecule has 0 aliphatic carbocycles. The normalized spacial score (nSPS) is 24.4. The molecule has 0 unspecified atom stereocenters.